The Bertz CT molecular complexity index is 938. The number of benzene rings is 1. The second-order valence-corrected chi connectivity index (χ2v) is 7.58. The predicted molar refractivity (Wildman–Crippen MR) is 98.1 cm³/mol. The number of hydrogen-bond donors (Lipinski definition) is 1. The van der Waals surface area contributed by atoms with Gasteiger partial charge in [-0.15, -0.1) is 11.3 Å². The van der Waals surface area contributed by atoms with E-state index in [2.05, 4.69) is 4.98 Å². The SMILES string of the molecule is CC(C)Oc1ccc(-c2nc3sc4c(c3c(=O)[nH]2)CCCC4)cc1. The molecule has 0 saturated heterocycles. The number of aromatic nitrogens is 2. The van der Waals surface area contributed by atoms with Crippen molar-refractivity contribution < 1.29 is 4.74 Å². The van der Waals surface area contributed by atoms with Crippen molar-refractivity contribution in [3.63, 3.8) is 0 Å². The standard InChI is InChI=1S/C19H20N2O2S/c1-11(2)23-13-9-7-12(8-10-13)17-20-18(22)16-14-5-3-4-6-15(14)24-19(16)21-17/h7-11H,3-6H2,1-2H3,(H,20,21,22). The van der Waals surface area contributed by atoms with Crippen LogP contribution in [0.1, 0.15) is 37.1 Å². The summed E-state index contributed by atoms with van der Waals surface area (Å²) in [5, 5.41) is 0.804. The highest BCUT2D eigenvalue weighted by Crippen LogP contribution is 2.34. The maximum Gasteiger partial charge on any atom is 0.260 e. The Morgan fingerprint density at radius 3 is 2.67 bits per heavy atom. The van der Waals surface area contributed by atoms with Crippen molar-refractivity contribution in [3.05, 3.63) is 45.1 Å². The van der Waals surface area contributed by atoms with Crippen molar-refractivity contribution >= 4 is 21.6 Å². The fourth-order valence-corrected chi connectivity index (χ4v) is 4.53. The molecule has 0 spiro atoms. The molecule has 0 amide bonds. The molecule has 1 aromatic carbocycles. The van der Waals surface area contributed by atoms with Crippen molar-refractivity contribution in [2.24, 2.45) is 0 Å². The maximum atomic E-state index is 12.6. The van der Waals surface area contributed by atoms with Gasteiger partial charge < -0.3 is 9.72 Å². The summed E-state index contributed by atoms with van der Waals surface area (Å²) in [6, 6.07) is 7.71. The van der Waals surface area contributed by atoms with Crippen LogP contribution in [0.15, 0.2) is 29.1 Å². The first kappa shape index (κ1) is 15.4. The molecule has 1 N–H and O–H groups in total. The lowest BCUT2D eigenvalue weighted by Gasteiger charge is -2.10. The zero-order valence-electron chi connectivity index (χ0n) is 13.9. The average molecular weight is 340 g/mol. The molecule has 5 heteroatoms. The Labute approximate surface area is 144 Å². The van der Waals surface area contributed by atoms with Crippen molar-refractivity contribution in [1.29, 1.82) is 0 Å². The van der Waals surface area contributed by atoms with Gasteiger partial charge in [0.2, 0.25) is 0 Å². The Balaban J connectivity index is 1.76. The number of nitrogens with one attached hydrogen (secondary N) is 1. The highest BCUT2D eigenvalue weighted by molar-refractivity contribution is 7.18. The number of hydrogen-bond acceptors (Lipinski definition) is 4. The summed E-state index contributed by atoms with van der Waals surface area (Å²) in [6.07, 6.45) is 4.59. The molecule has 0 bridgehead atoms. The van der Waals surface area contributed by atoms with Crippen molar-refractivity contribution in [2.45, 2.75) is 45.6 Å². The van der Waals surface area contributed by atoms with E-state index in [1.165, 1.54) is 16.9 Å². The van der Waals surface area contributed by atoms with Crippen LogP contribution < -0.4 is 10.3 Å². The monoisotopic (exact) mass is 340 g/mol. The molecule has 0 saturated carbocycles. The Morgan fingerprint density at radius 1 is 1.17 bits per heavy atom. The zero-order valence-corrected chi connectivity index (χ0v) is 14.7. The van der Waals surface area contributed by atoms with Gasteiger partial charge in [0.15, 0.2) is 0 Å². The summed E-state index contributed by atoms with van der Waals surface area (Å²) in [6.45, 7) is 4.00. The number of fused-ring (bicyclic) bond motifs is 3. The van der Waals surface area contributed by atoms with Gasteiger partial charge >= 0.3 is 0 Å². The van der Waals surface area contributed by atoms with E-state index >= 15 is 0 Å². The molecule has 4 nitrogen and oxygen atoms in total. The molecule has 0 unspecified atom stereocenters. The number of aromatic amines is 1. The number of nitrogens with zero attached hydrogens (tertiary/aromatic N) is 1. The second-order valence-electron chi connectivity index (χ2n) is 6.50. The maximum absolute atomic E-state index is 12.6. The van der Waals surface area contributed by atoms with E-state index in [4.69, 9.17) is 9.72 Å². The van der Waals surface area contributed by atoms with Crippen LogP contribution in [0.4, 0.5) is 0 Å². The number of rotatable bonds is 3. The minimum atomic E-state index is -0.0168. The third kappa shape index (κ3) is 2.73. The second kappa shape index (κ2) is 6.06. The summed E-state index contributed by atoms with van der Waals surface area (Å²) in [5.74, 6) is 1.45. The largest absolute Gasteiger partial charge is 0.491 e. The van der Waals surface area contributed by atoms with E-state index in [0.29, 0.717) is 5.82 Å². The number of aryl methyl sites for hydroxylation is 2. The lowest BCUT2D eigenvalue weighted by atomic mass is 9.97. The van der Waals surface area contributed by atoms with Crippen LogP contribution in [0.25, 0.3) is 21.6 Å². The van der Waals surface area contributed by atoms with E-state index in [9.17, 15) is 4.79 Å². The molecule has 4 rings (SSSR count). The van der Waals surface area contributed by atoms with Crippen molar-refractivity contribution in [3.8, 4) is 17.1 Å². The van der Waals surface area contributed by atoms with Crippen LogP contribution >= 0.6 is 11.3 Å². The molecule has 0 atom stereocenters. The molecule has 0 fully saturated rings. The quantitative estimate of drug-likeness (QED) is 0.772. The first-order valence-electron chi connectivity index (χ1n) is 8.43. The zero-order chi connectivity index (χ0) is 16.7. The van der Waals surface area contributed by atoms with Crippen LogP contribution in [-0.4, -0.2) is 16.1 Å². The minimum Gasteiger partial charge on any atom is -0.491 e. The van der Waals surface area contributed by atoms with Gasteiger partial charge in [-0.25, -0.2) is 4.98 Å². The van der Waals surface area contributed by atoms with Gasteiger partial charge in [0.1, 0.15) is 16.4 Å². The van der Waals surface area contributed by atoms with Gasteiger partial charge in [0, 0.05) is 10.4 Å². The van der Waals surface area contributed by atoms with Gasteiger partial charge in [-0.2, -0.15) is 0 Å². The molecule has 2 heterocycles. The van der Waals surface area contributed by atoms with Gasteiger partial charge in [-0.05, 0) is 69.4 Å². The Morgan fingerprint density at radius 2 is 1.92 bits per heavy atom. The molecule has 124 valence electrons. The van der Waals surface area contributed by atoms with Crippen LogP contribution in [0.5, 0.6) is 5.75 Å². The van der Waals surface area contributed by atoms with Gasteiger partial charge in [0.25, 0.3) is 5.56 Å². The fourth-order valence-electron chi connectivity index (χ4n) is 3.26. The molecular weight excluding hydrogens is 320 g/mol. The Kier molecular flexibility index (Phi) is 3.88. The molecule has 24 heavy (non-hydrogen) atoms. The number of H-pyrrole nitrogens is 1. The van der Waals surface area contributed by atoms with Gasteiger partial charge in [0.05, 0.1) is 11.5 Å². The van der Waals surface area contributed by atoms with Crippen molar-refractivity contribution in [1.82, 2.24) is 9.97 Å². The van der Waals surface area contributed by atoms with E-state index in [1.807, 2.05) is 38.1 Å². The van der Waals surface area contributed by atoms with Crippen LogP contribution in [0.3, 0.4) is 0 Å². The topological polar surface area (TPSA) is 55.0 Å². The summed E-state index contributed by atoms with van der Waals surface area (Å²) >= 11 is 1.68. The third-order valence-electron chi connectivity index (χ3n) is 4.32. The lowest BCUT2D eigenvalue weighted by Crippen LogP contribution is -2.11. The van der Waals surface area contributed by atoms with Crippen molar-refractivity contribution in [2.75, 3.05) is 0 Å². The molecular formula is C19H20N2O2S. The normalized spacial score (nSPS) is 14.1. The van der Waals surface area contributed by atoms with E-state index < -0.39 is 0 Å². The minimum absolute atomic E-state index is 0.0168. The fraction of sp³-hybridized carbons (Fsp3) is 0.368. The first-order chi connectivity index (χ1) is 11.6. The molecule has 2 aromatic heterocycles. The summed E-state index contributed by atoms with van der Waals surface area (Å²) in [7, 11) is 0. The van der Waals surface area contributed by atoms with E-state index in [0.717, 1.165) is 40.8 Å². The van der Waals surface area contributed by atoms with Gasteiger partial charge in [-0.3, -0.25) is 4.79 Å². The van der Waals surface area contributed by atoms with E-state index in [-0.39, 0.29) is 11.7 Å². The summed E-state index contributed by atoms with van der Waals surface area (Å²) in [5.41, 5.74) is 2.11. The molecule has 1 aliphatic carbocycles. The molecule has 1 aliphatic rings. The first-order valence-corrected chi connectivity index (χ1v) is 9.25. The van der Waals surface area contributed by atoms with Crippen LogP contribution in [0, 0.1) is 0 Å². The van der Waals surface area contributed by atoms with E-state index in [1.54, 1.807) is 11.3 Å². The third-order valence-corrected chi connectivity index (χ3v) is 5.51. The smallest absolute Gasteiger partial charge is 0.260 e. The average Bonchev–Trinajstić information content (AvgIpc) is 2.93. The number of ether oxygens (including phenoxy) is 1. The van der Waals surface area contributed by atoms with Gasteiger partial charge in [-0.1, -0.05) is 0 Å². The summed E-state index contributed by atoms with van der Waals surface area (Å²) < 4.78 is 5.66. The summed E-state index contributed by atoms with van der Waals surface area (Å²) in [4.78, 5) is 22.5. The molecule has 3 aromatic rings. The highest BCUT2D eigenvalue weighted by atomic mass is 32.1. The van der Waals surface area contributed by atoms with Crippen LogP contribution in [0.2, 0.25) is 0 Å². The van der Waals surface area contributed by atoms with Crippen LogP contribution in [-0.2, 0) is 12.8 Å². The number of thiophene rings is 1. The lowest BCUT2D eigenvalue weighted by molar-refractivity contribution is 0.242. The molecule has 0 aliphatic heterocycles. The predicted octanol–water partition coefficient (Wildman–Crippen LogP) is 4.32. The highest BCUT2D eigenvalue weighted by Gasteiger charge is 2.20. The molecule has 0 radical (unpaired) electrons. The Hall–Kier alpha value is -2.14.